The molecule has 0 spiro atoms. The molecule has 114 valence electrons. The molecule has 0 saturated heterocycles. The predicted molar refractivity (Wildman–Crippen MR) is 68.9 cm³/mol. The molecule has 0 aliphatic rings. The first kappa shape index (κ1) is 16.2. The van der Waals surface area contributed by atoms with Crippen molar-refractivity contribution in [1.82, 2.24) is 0 Å². The number of nitrogens with zero attached hydrogens (tertiary/aromatic N) is 1. The summed E-state index contributed by atoms with van der Waals surface area (Å²) in [5.41, 5.74) is -1.26. The number of carbonyl (C=O) groups is 2. The first-order chi connectivity index (χ1) is 9.87. The lowest BCUT2D eigenvalue weighted by atomic mass is 10.0. The zero-order valence-corrected chi connectivity index (χ0v) is 11.5. The lowest BCUT2D eigenvalue weighted by molar-refractivity contribution is -0.386. The Morgan fingerprint density at radius 1 is 1.29 bits per heavy atom. The molecule has 9 nitrogen and oxygen atoms in total. The summed E-state index contributed by atoms with van der Waals surface area (Å²) in [6, 6.07) is 1.20. The van der Waals surface area contributed by atoms with Gasteiger partial charge in [-0.3, -0.25) is 14.9 Å². The Labute approximate surface area is 119 Å². The first-order valence-electron chi connectivity index (χ1n) is 5.59. The molecule has 1 rings (SSSR count). The summed E-state index contributed by atoms with van der Waals surface area (Å²) in [6.45, 7) is 0. The van der Waals surface area contributed by atoms with Crippen molar-refractivity contribution < 1.29 is 33.8 Å². The zero-order chi connectivity index (χ0) is 16.2. The van der Waals surface area contributed by atoms with E-state index in [2.05, 4.69) is 4.74 Å². The van der Waals surface area contributed by atoms with E-state index < -0.39 is 34.5 Å². The summed E-state index contributed by atoms with van der Waals surface area (Å²) in [4.78, 5) is 33.1. The molecule has 0 amide bonds. The van der Waals surface area contributed by atoms with Crippen LogP contribution in [0.3, 0.4) is 0 Å². The Morgan fingerprint density at radius 2 is 1.90 bits per heavy atom. The maximum Gasteiger partial charge on any atom is 0.345 e. The number of carbonyl (C=O) groups excluding carboxylic acids is 1. The monoisotopic (exact) mass is 299 g/mol. The largest absolute Gasteiger partial charge is 0.493 e. The van der Waals surface area contributed by atoms with Crippen molar-refractivity contribution in [3.05, 3.63) is 27.3 Å². The number of aliphatic carboxylic acids is 1. The highest BCUT2D eigenvalue weighted by Crippen LogP contribution is 2.42. The van der Waals surface area contributed by atoms with Crippen LogP contribution in [0.1, 0.15) is 15.9 Å². The van der Waals surface area contributed by atoms with Crippen molar-refractivity contribution in [1.29, 1.82) is 0 Å². The fourth-order valence-electron chi connectivity index (χ4n) is 1.83. The van der Waals surface area contributed by atoms with Gasteiger partial charge in [0.2, 0.25) is 5.75 Å². The van der Waals surface area contributed by atoms with Gasteiger partial charge in [-0.1, -0.05) is 0 Å². The normalized spacial score (nSPS) is 9.86. The van der Waals surface area contributed by atoms with Crippen LogP contribution < -0.4 is 9.47 Å². The van der Waals surface area contributed by atoms with Gasteiger partial charge < -0.3 is 19.3 Å². The number of carboxylic acids is 1. The van der Waals surface area contributed by atoms with Crippen LogP contribution in [0.2, 0.25) is 0 Å². The minimum atomic E-state index is -1.26. The summed E-state index contributed by atoms with van der Waals surface area (Å²) in [6.07, 6.45) is -0.606. The molecule has 0 aliphatic carbocycles. The Bertz CT molecular complexity index is 595. The number of ether oxygens (including phenoxy) is 3. The molecule has 1 aromatic carbocycles. The first-order valence-corrected chi connectivity index (χ1v) is 5.59. The highest BCUT2D eigenvalue weighted by Gasteiger charge is 2.33. The second-order valence-electron chi connectivity index (χ2n) is 3.81. The summed E-state index contributed by atoms with van der Waals surface area (Å²) in [5.74, 6) is -2.62. The number of methoxy groups -OCH3 is 3. The topological polar surface area (TPSA) is 125 Å². The summed E-state index contributed by atoms with van der Waals surface area (Å²) in [7, 11) is 3.44. The Hall–Kier alpha value is -2.84. The van der Waals surface area contributed by atoms with Gasteiger partial charge in [-0.25, -0.2) is 4.79 Å². The van der Waals surface area contributed by atoms with Crippen LogP contribution in [-0.2, 0) is 16.0 Å². The Kier molecular flexibility index (Phi) is 5.06. The summed E-state index contributed by atoms with van der Waals surface area (Å²) < 4.78 is 14.3. The maximum atomic E-state index is 11.8. The molecule has 0 radical (unpaired) electrons. The Morgan fingerprint density at radius 3 is 2.29 bits per heavy atom. The number of hydrogen-bond donors (Lipinski definition) is 1. The smallest absolute Gasteiger partial charge is 0.345 e. The molecule has 0 aliphatic heterocycles. The number of carboxylic acid groups (broad SMARTS) is 1. The van der Waals surface area contributed by atoms with Gasteiger partial charge in [0.25, 0.3) is 0 Å². The van der Waals surface area contributed by atoms with Crippen LogP contribution >= 0.6 is 0 Å². The standard InChI is InChI=1S/C12H13NO8/c1-19-7-4-6(5-8(14)15)9(12(16)21-3)10(13(17)18)11(7)20-2/h4H,5H2,1-3H3,(H,14,15). The van der Waals surface area contributed by atoms with Gasteiger partial charge in [-0.05, 0) is 11.6 Å². The molecular weight excluding hydrogens is 286 g/mol. The van der Waals surface area contributed by atoms with Crippen molar-refractivity contribution >= 4 is 17.6 Å². The van der Waals surface area contributed by atoms with E-state index in [0.29, 0.717) is 0 Å². The zero-order valence-electron chi connectivity index (χ0n) is 11.5. The molecule has 0 fully saturated rings. The van der Waals surface area contributed by atoms with Gasteiger partial charge >= 0.3 is 17.6 Å². The van der Waals surface area contributed by atoms with Crippen molar-refractivity contribution in [2.75, 3.05) is 21.3 Å². The van der Waals surface area contributed by atoms with E-state index in [0.717, 1.165) is 7.11 Å². The SMILES string of the molecule is COC(=O)c1c(CC(=O)O)cc(OC)c(OC)c1[N+](=O)[O-]. The van der Waals surface area contributed by atoms with E-state index in [9.17, 15) is 19.7 Å². The van der Waals surface area contributed by atoms with Gasteiger partial charge in [0, 0.05) is 0 Å². The quantitative estimate of drug-likeness (QED) is 0.469. The van der Waals surface area contributed by atoms with Gasteiger partial charge in [0.15, 0.2) is 5.75 Å². The number of esters is 1. The average Bonchev–Trinajstić information content (AvgIpc) is 2.44. The van der Waals surface area contributed by atoms with Crippen LogP contribution in [-0.4, -0.2) is 43.3 Å². The molecule has 0 unspecified atom stereocenters. The molecule has 0 saturated carbocycles. The molecule has 0 atom stereocenters. The van der Waals surface area contributed by atoms with E-state index in [1.54, 1.807) is 0 Å². The molecule has 9 heteroatoms. The van der Waals surface area contributed by atoms with E-state index in [4.69, 9.17) is 14.6 Å². The molecular formula is C12H13NO8. The molecule has 0 heterocycles. The third-order valence-corrected chi connectivity index (χ3v) is 2.64. The van der Waals surface area contributed by atoms with E-state index >= 15 is 0 Å². The third kappa shape index (κ3) is 3.19. The van der Waals surface area contributed by atoms with Crippen molar-refractivity contribution in [2.45, 2.75) is 6.42 Å². The minimum Gasteiger partial charge on any atom is -0.493 e. The van der Waals surface area contributed by atoms with Crippen molar-refractivity contribution in [3.8, 4) is 11.5 Å². The predicted octanol–water partition coefficient (Wildman–Crippen LogP) is 1.03. The minimum absolute atomic E-state index is 0.0481. The summed E-state index contributed by atoms with van der Waals surface area (Å²) in [5, 5.41) is 20.1. The van der Waals surface area contributed by atoms with Crippen LogP contribution in [0.25, 0.3) is 0 Å². The second kappa shape index (κ2) is 6.55. The van der Waals surface area contributed by atoms with E-state index in [-0.39, 0.29) is 17.1 Å². The molecule has 0 bridgehead atoms. The van der Waals surface area contributed by atoms with Crippen LogP contribution in [0.4, 0.5) is 5.69 Å². The van der Waals surface area contributed by atoms with Crippen LogP contribution in [0, 0.1) is 10.1 Å². The molecule has 1 aromatic rings. The highest BCUT2D eigenvalue weighted by molar-refractivity contribution is 5.98. The third-order valence-electron chi connectivity index (χ3n) is 2.64. The van der Waals surface area contributed by atoms with Gasteiger partial charge in [0.1, 0.15) is 5.56 Å². The number of hydrogen-bond acceptors (Lipinski definition) is 7. The number of nitro groups is 1. The van der Waals surface area contributed by atoms with Gasteiger partial charge in [-0.2, -0.15) is 0 Å². The number of nitro benzene ring substituents is 1. The number of rotatable bonds is 6. The maximum absolute atomic E-state index is 11.8. The van der Waals surface area contributed by atoms with E-state index in [1.807, 2.05) is 0 Å². The Balaban J connectivity index is 3.78. The lowest BCUT2D eigenvalue weighted by Gasteiger charge is -2.13. The van der Waals surface area contributed by atoms with Crippen LogP contribution in [0.5, 0.6) is 11.5 Å². The van der Waals surface area contributed by atoms with Gasteiger partial charge in [-0.15, -0.1) is 0 Å². The number of benzene rings is 1. The van der Waals surface area contributed by atoms with Crippen molar-refractivity contribution in [3.63, 3.8) is 0 Å². The summed E-state index contributed by atoms with van der Waals surface area (Å²) >= 11 is 0. The fourth-order valence-corrected chi connectivity index (χ4v) is 1.83. The fraction of sp³-hybridized carbons (Fsp3) is 0.333. The molecule has 21 heavy (non-hydrogen) atoms. The van der Waals surface area contributed by atoms with Crippen molar-refractivity contribution in [2.24, 2.45) is 0 Å². The van der Waals surface area contributed by atoms with Crippen LogP contribution in [0.15, 0.2) is 6.07 Å². The average molecular weight is 299 g/mol. The van der Waals surface area contributed by atoms with E-state index in [1.165, 1.54) is 20.3 Å². The van der Waals surface area contributed by atoms with Gasteiger partial charge in [0.05, 0.1) is 32.7 Å². The lowest BCUT2D eigenvalue weighted by Crippen LogP contribution is -2.14. The second-order valence-corrected chi connectivity index (χ2v) is 3.81. The molecule has 1 N–H and O–H groups in total. The highest BCUT2D eigenvalue weighted by atomic mass is 16.6. The molecule has 0 aromatic heterocycles.